The van der Waals surface area contributed by atoms with E-state index in [1.165, 1.54) is 11.3 Å². The van der Waals surface area contributed by atoms with Crippen LogP contribution in [0, 0.1) is 13.8 Å². The first-order valence-corrected chi connectivity index (χ1v) is 8.81. The Morgan fingerprint density at radius 2 is 1.81 bits per heavy atom. The molecule has 0 spiro atoms. The van der Waals surface area contributed by atoms with E-state index in [-0.39, 0.29) is 5.91 Å². The van der Waals surface area contributed by atoms with Crippen LogP contribution in [0.25, 0.3) is 0 Å². The standard InChI is InChI=1S/C22H21N3O/c1-15-11-16(2)13-18(12-15)24-22(26)20-14-19(7-9-23-20)25-10-8-17-5-3-4-6-21(17)25/h3-7,9,11-14H,8,10H2,1-2H3,(H,24,26). The van der Waals surface area contributed by atoms with Crippen molar-refractivity contribution in [3.8, 4) is 0 Å². The molecule has 2 aromatic carbocycles. The van der Waals surface area contributed by atoms with Gasteiger partial charge < -0.3 is 10.2 Å². The Kier molecular flexibility index (Phi) is 4.17. The molecule has 2 heterocycles. The second-order valence-electron chi connectivity index (χ2n) is 6.76. The van der Waals surface area contributed by atoms with Crippen LogP contribution in [0.15, 0.2) is 60.8 Å². The Labute approximate surface area is 153 Å². The van der Waals surface area contributed by atoms with Crippen LogP contribution in [-0.2, 0) is 6.42 Å². The fraction of sp³-hybridized carbons (Fsp3) is 0.182. The zero-order chi connectivity index (χ0) is 18.1. The highest BCUT2D eigenvalue weighted by Gasteiger charge is 2.21. The van der Waals surface area contributed by atoms with Crippen LogP contribution in [0.4, 0.5) is 17.1 Å². The number of aryl methyl sites for hydroxylation is 2. The third-order valence-corrected chi connectivity index (χ3v) is 4.65. The van der Waals surface area contributed by atoms with Crippen molar-refractivity contribution in [1.29, 1.82) is 0 Å². The van der Waals surface area contributed by atoms with Crippen LogP contribution < -0.4 is 10.2 Å². The summed E-state index contributed by atoms with van der Waals surface area (Å²) in [5.74, 6) is -0.190. The zero-order valence-electron chi connectivity index (χ0n) is 15.0. The second kappa shape index (κ2) is 6.64. The van der Waals surface area contributed by atoms with Crippen LogP contribution in [0.5, 0.6) is 0 Å². The molecule has 4 rings (SSSR count). The van der Waals surface area contributed by atoms with Crippen molar-refractivity contribution in [3.05, 3.63) is 83.2 Å². The van der Waals surface area contributed by atoms with Gasteiger partial charge in [-0.15, -0.1) is 0 Å². The Morgan fingerprint density at radius 3 is 2.62 bits per heavy atom. The largest absolute Gasteiger partial charge is 0.341 e. The number of anilines is 3. The number of nitrogens with zero attached hydrogens (tertiary/aromatic N) is 2. The van der Waals surface area contributed by atoms with Gasteiger partial charge in [0, 0.05) is 29.8 Å². The van der Waals surface area contributed by atoms with E-state index in [0.29, 0.717) is 5.69 Å². The van der Waals surface area contributed by atoms with Gasteiger partial charge in [-0.05, 0) is 67.3 Å². The average Bonchev–Trinajstić information content (AvgIpc) is 3.05. The maximum Gasteiger partial charge on any atom is 0.274 e. The molecule has 130 valence electrons. The van der Waals surface area contributed by atoms with E-state index < -0.39 is 0 Å². The predicted molar refractivity (Wildman–Crippen MR) is 105 cm³/mol. The van der Waals surface area contributed by atoms with Gasteiger partial charge in [-0.2, -0.15) is 0 Å². The van der Waals surface area contributed by atoms with E-state index >= 15 is 0 Å². The summed E-state index contributed by atoms with van der Waals surface area (Å²) in [4.78, 5) is 19.2. The number of hydrogen-bond acceptors (Lipinski definition) is 3. The first-order valence-electron chi connectivity index (χ1n) is 8.81. The van der Waals surface area contributed by atoms with E-state index in [1.807, 2.05) is 44.2 Å². The van der Waals surface area contributed by atoms with Crippen LogP contribution in [0.2, 0.25) is 0 Å². The van der Waals surface area contributed by atoms with E-state index in [4.69, 9.17) is 0 Å². The molecule has 1 aliphatic heterocycles. The summed E-state index contributed by atoms with van der Waals surface area (Å²) in [5, 5.41) is 2.96. The van der Waals surface area contributed by atoms with Gasteiger partial charge in [0.1, 0.15) is 5.69 Å². The average molecular weight is 343 g/mol. The third kappa shape index (κ3) is 3.18. The lowest BCUT2D eigenvalue weighted by molar-refractivity contribution is 0.102. The zero-order valence-corrected chi connectivity index (χ0v) is 15.0. The lowest BCUT2D eigenvalue weighted by atomic mass is 10.1. The summed E-state index contributed by atoms with van der Waals surface area (Å²) in [5.41, 5.74) is 7.00. The van der Waals surface area contributed by atoms with E-state index in [1.54, 1.807) is 6.20 Å². The van der Waals surface area contributed by atoms with Gasteiger partial charge in [-0.25, -0.2) is 0 Å². The van der Waals surface area contributed by atoms with Gasteiger partial charge >= 0.3 is 0 Å². The molecule has 0 saturated heterocycles. The second-order valence-corrected chi connectivity index (χ2v) is 6.76. The molecule has 1 amide bonds. The molecule has 0 saturated carbocycles. The molecule has 4 nitrogen and oxygen atoms in total. The van der Waals surface area contributed by atoms with Crippen molar-refractivity contribution in [2.75, 3.05) is 16.8 Å². The lowest BCUT2D eigenvalue weighted by Crippen LogP contribution is -2.17. The van der Waals surface area contributed by atoms with Gasteiger partial charge in [0.15, 0.2) is 0 Å². The summed E-state index contributed by atoms with van der Waals surface area (Å²) in [7, 11) is 0. The van der Waals surface area contributed by atoms with Gasteiger partial charge in [-0.1, -0.05) is 24.3 Å². The van der Waals surface area contributed by atoms with Gasteiger partial charge in [0.25, 0.3) is 5.91 Å². The van der Waals surface area contributed by atoms with Gasteiger partial charge in [-0.3, -0.25) is 9.78 Å². The summed E-state index contributed by atoms with van der Waals surface area (Å²) in [6, 6.07) is 18.2. The third-order valence-electron chi connectivity index (χ3n) is 4.65. The van der Waals surface area contributed by atoms with Crippen LogP contribution in [-0.4, -0.2) is 17.4 Å². The number of carbonyl (C=O) groups excluding carboxylic acids is 1. The summed E-state index contributed by atoms with van der Waals surface area (Å²) < 4.78 is 0. The van der Waals surface area contributed by atoms with Crippen molar-refractivity contribution in [1.82, 2.24) is 4.98 Å². The van der Waals surface area contributed by atoms with E-state index in [2.05, 4.69) is 39.5 Å². The number of hydrogen-bond donors (Lipinski definition) is 1. The molecule has 4 heteroatoms. The molecule has 1 aliphatic rings. The SMILES string of the molecule is Cc1cc(C)cc(NC(=O)c2cc(N3CCc4ccccc43)ccn2)c1. The summed E-state index contributed by atoms with van der Waals surface area (Å²) >= 11 is 0. The van der Waals surface area contributed by atoms with Crippen molar-refractivity contribution < 1.29 is 4.79 Å². The molecule has 3 aromatic rings. The van der Waals surface area contributed by atoms with E-state index in [9.17, 15) is 4.79 Å². The smallest absolute Gasteiger partial charge is 0.274 e. The van der Waals surface area contributed by atoms with Crippen molar-refractivity contribution in [3.63, 3.8) is 0 Å². The van der Waals surface area contributed by atoms with Crippen molar-refractivity contribution >= 4 is 23.0 Å². The number of benzene rings is 2. The highest BCUT2D eigenvalue weighted by Crippen LogP contribution is 2.34. The Hall–Kier alpha value is -3.14. The number of fused-ring (bicyclic) bond motifs is 1. The number of carbonyl (C=O) groups is 1. The lowest BCUT2D eigenvalue weighted by Gasteiger charge is -2.20. The molecule has 0 fully saturated rings. The van der Waals surface area contributed by atoms with Gasteiger partial charge in [0.05, 0.1) is 0 Å². The van der Waals surface area contributed by atoms with Crippen molar-refractivity contribution in [2.24, 2.45) is 0 Å². The Balaban J connectivity index is 1.59. The molecular formula is C22H21N3O. The molecule has 0 aliphatic carbocycles. The molecule has 0 unspecified atom stereocenters. The quantitative estimate of drug-likeness (QED) is 0.753. The Morgan fingerprint density at radius 1 is 1.04 bits per heavy atom. The number of para-hydroxylation sites is 1. The highest BCUT2D eigenvalue weighted by molar-refractivity contribution is 6.03. The topological polar surface area (TPSA) is 45.2 Å². The number of pyridine rings is 1. The first-order chi connectivity index (χ1) is 12.6. The van der Waals surface area contributed by atoms with Crippen LogP contribution in [0.1, 0.15) is 27.2 Å². The maximum atomic E-state index is 12.7. The monoisotopic (exact) mass is 343 g/mol. The highest BCUT2D eigenvalue weighted by atomic mass is 16.1. The predicted octanol–water partition coefficient (Wildman–Crippen LogP) is 4.64. The normalized spacial score (nSPS) is 12.8. The summed E-state index contributed by atoms with van der Waals surface area (Å²) in [6.07, 6.45) is 2.72. The fourth-order valence-electron chi connectivity index (χ4n) is 3.56. The fourth-order valence-corrected chi connectivity index (χ4v) is 3.56. The van der Waals surface area contributed by atoms with Crippen LogP contribution in [0.3, 0.4) is 0 Å². The molecular weight excluding hydrogens is 322 g/mol. The van der Waals surface area contributed by atoms with Crippen molar-refractivity contribution in [2.45, 2.75) is 20.3 Å². The Bertz CT molecular complexity index is 960. The molecule has 1 aromatic heterocycles. The molecule has 0 bridgehead atoms. The molecule has 26 heavy (non-hydrogen) atoms. The van der Waals surface area contributed by atoms with Gasteiger partial charge in [0.2, 0.25) is 0 Å². The number of amides is 1. The molecule has 1 N–H and O–H groups in total. The number of rotatable bonds is 3. The first kappa shape index (κ1) is 16.3. The van der Waals surface area contributed by atoms with E-state index in [0.717, 1.165) is 35.5 Å². The summed E-state index contributed by atoms with van der Waals surface area (Å²) in [6.45, 7) is 4.96. The molecule has 0 atom stereocenters. The number of nitrogens with one attached hydrogen (secondary N) is 1. The number of aromatic nitrogens is 1. The van der Waals surface area contributed by atoms with Crippen LogP contribution >= 0.6 is 0 Å². The molecule has 0 radical (unpaired) electrons. The maximum absolute atomic E-state index is 12.7. The minimum Gasteiger partial charge on any atom is -0.341 e. The minimum absolute atomic E-state index is 0.190. The minimum atomic E-state index is -0.190.